The number of benzene rings is 2. The molecule has 0 unspecified atom stereocenters. The van der Waals surface area contributed by atoms with E-state index in [1.54, 1.807) is 0 Å². The lowest BCUT2D eigenvalue weighted by molar-refractivity contribution is 0.110. The van der Waals surface area contributed by atoms with Gasteiger partial charge in [0.25, 0.3) is 0 Å². The molecule has 2 aromatic carbocycles. The second kappa shape index (κ2) is 10.2. The summed E-state index contributed by atoms with van der Waals surface area (Å²) in [4.78, 5) is 0. The molecule has 0 aliphatic heterocycles. The van der Waals surface area contributed by atoms with Crippen LogP contribution in [0.2, 0.25) is 5.02 Å². The van der Waals surface area contributed by atoms with E-state index in [0.717, 1.165) is 33.3 Å². The molecule has 25 heavy (non-hydrogen) atoms. The first-order valence-electron chi connectivity index (χ1n) is 8.54. The zero-order chi connectivity index (χ0) is 18.1. The number of anilines is 1. The van der Waals surface area contributed by atoms with Crippen molar-refractivity contribution in [2.45, 2.75) is 20.8 Å². The predicted molar refractivity (Wildman–Crippen MR) is 103 cm³/mol. The predicted octanol–water partition coefficient (Wildman–Crippen LogP) is 4.86. The molecule has 0 radical (unpaired) electrons. The van der Waals surface area contributed by atoms with Crippen molar-refractivity contribution in [3.63, 3.8) is 0 Å². The van der Waals surface area contributed by atoms with E-state index in [1.807, 2.05) is 57.2 Å². The third kappa shape index (κ3) is 6.48. The summed E-state index contributed by atoms with van der Waals surface area (Å²) >= 11 is 6.17. The fraction of sp³-hybridized carbons (Fsp3) is 0.400. The smallest absolute Gasteiger partial charge is 0.120 e. The van der Waals surface area contributed by atoms with Gasteiger partial charge in [-0.3, -0.25) is 0 Å². The van der Waals surface area contributed by atoms with Gasteiger partial charge in [0.05, 0.1) is 6.61 Å². The second-order valence-corrected chi connectivity index (χ2v) is 6.09. The van der Waals surface area contributed by atoms with Gasteiger partial charge in [0, 0.05) is 23.9 Å². The van der Waals surface area contributed by atoms with Crippen LogP contribution in [0.3, 0.4) is 0 Å². The van der Waals surface area contributed by atoms with Crippen LogP contribution in [0.4, 0.5) is 5.69 Å². The summed E-state index contributed by atoms with van der Waals surface area (Å²) in [6.07, 6.45) is 0. The summed E-state index contributed by atoms with van der Waals surface area (Å²) in [5, 5.41) is 4.13. The molecule has 4 nitrogen and oxygen atoms in total. The highest BCUT2D eigenvalue weighted by Gasteiger charge is 2.03. The SMILES string of the molecule is CCOCCOc1ccc(NCCOc2cc(C)c(Cl)c(C)c2)cc1. The molecular formula is C20H26ClNO3. The van der Waals surface area contributed by atoms with E-state index in [2.05, 4.69) is 5.32 Å². The first kappa shape index (κ1) is 19.4. The highest BCUT2D eigenvalue weighted by molar-refractivity contribution is 6.32. The minimum atomic E-state index is 0.564. The molecule has 0 atom stereocenters. The number of hydrogen-bond donors (Lipinski definition) is 1. The molecule has 1 N–H and O–H groups in total. The van der Waals surface area contributed by atoms with Crippen LogP contribution in [-0.2, 0) is 4.74 Å². The number of hydrogen-bond acceptors (Lipinski definition) is 4. The normalized spacial score (nSPS) is 10.6. The van der Waals surface area contributed by atoms with Crippen molar-refractivity contribution in [2.75, 3.05) is 38.3 Å². The molecule has 0 aliphatic rings. The third-order valence-corrected chi connectivity index (χ3v) is 4.26. The van der Waals surface area contributed by atoms with Crippen LogP contribution >= 0.6 is 11.6 Å². The van der Waals surface area contributed by atoms with Crippen molar-refractivity contribution in [2.24, 2.45) is 0 Å². The molecule has 0 spiro atoms. The minimum Gasteiger partial charge on any atom is -0.492 e. The lowest BCUT2D eigenvalue weighted by Crippen LogP contribution is -2.11. The van der Waals surface area contributed by atoms with Gasteiger partial charge in [-0.1, -0.05) is 11.6 Å². The van der Waals surface area contributed by atoms with Gasteiger partial charge < -0.3 is 19.5 Å². The Labute approximate surface area is 155 Å². The van der Waals surface area contributed by atoms with Crippen LogP contribution in [-0.4, -0.2) is 33.0 Å². The highest BCUT2D eigenvalue weighted by atomic mass is 35.5. The van der Waals surface area contributed by atoms with Gasteiger partial charge in [0.2, 0.25) is 0 Å². The van der Waals surface area contributed by atoms with E-state index in [-0.39, 0.29) is 0 Å². The number of halogens is 1. The Kier molecular flexibility index (Phi) is 7.89. The van der Waals surface area contributed by atoms with Crippen LogP contribution in [0.15, 0.2) is 36.4 Å². The fourth-order valence-electron chi connectivity index (χ4n) is 2.39. The van der Waals surface area contributed by atoms with Gasteiger partial charge in [0.15, 0.2) is 0 Å². The molecule has 0 saturated heterocycles. The third-order valence-electron chi connectivity index (χ3n) is 3.66. The number of ether oxygens (including phenoxy) is 3. The van der Waals surface area contributed by atoms with Gasteiger partial charge in [-0.15, -0.1) is 0 Å². The molecule has 0 amide bonds. The zero-order valence-electron chi connectivity index (χ0n) is 15.1. The lowest BCUT2D eigenvalue weighted by atomic mass is 10.1. The van der Waals surface area contributed by atoms with Gasteiger partial charge in [0.1, 0.15) is 24.7 Å². The molecule has 0 heterocycles. The Morgan fingerprint density at radius 2 is 1.52 bits per heavy atom. The maximum atomic E-state index is 6.17. The Balaban J connectivity index is 1.71. The molecule has 2 aromatic rings. The zero-order valence-corrected chi connectivity index (χ0v) is 15.9. The standard InChI is InChI=1S/C20H26ClNO3/c1-4-23-11-12-25-18-7-5-17(6-8-18)22-9-10-24-19-13-15(2)20(21)16(3)14-19/h5-8,13-14,22H,4,9-12H2,1-3H3. The van der Waals surface area contributed by atoms with Crippen LogP contribution in [0.5, 0.6) is 11.5 Å². The minimum absolute atomic E-state index is 0.564. The first-order chi connectivity index (χ1) is 12.1. The van der Waals surface area contributed by atoms with Gasteiger partial charge >= 0.3 is 0 Å². The van der Waals surface area contributed by atoms with E-state index in [4.69, 9.17) is 25.8 Å². The molecule has 0 aliphatic carbocycles. The summed E-state index contributed by atoms with van der Waals surface area (Å²) < 4.78 is 16.6. The van der Waals surface area contributed by atoms with Crippen LogP contribution < -0.4 is 14.8 Å². The summed E-state index contributed by atoms with van der Waals surface area (Å²) in [6, 6.07) is 11.8. The number of nitrogens with one attached hydrogen (secondary N) is 1. The molecule has 0 bridgehead atoms. The topological polar surface area (TPSA) is 39.7 Å². The Bertz CT molecular complexity index is 635. The Morgan fingerprint density at radius 3 is 2.16 bits per heavy atom. The van der Waals surface area contributed by atoms with Crippen molar-refractivity contribution in [3.05, 3.63) is 52.5 Å². The average molecular weight is 364 g/mol. The number of rotatable bonds is 10. The Morgan fingerprint density at radius 1 is 0.880 bits per heavy atom. The van der Waals surface area contributed by atoms with Crippen molar-refractivity contribution in [1.82, 2.24) is 0 Å². The monoisotopic (exact) mass is 363 g/mol. The van der Waals surface area contributed by atoms with Crippen molar-refractivity contribution in [3.8, 4) is 11.5 Å². The van der Waals surface area contributed by atoms with Crippen molar-refractivity contribution in [1.29, 1.82) is 0 Å². The maximum Gasteiger partial charge on any atom is 0.120 e. The summed E-state index contributed by atoms with van der Waals surface area (Å²) in [5.41, 5.74) is 3.10. The molecule has 2 rings (SSSR count). The summed E-state index contributed by atoms with van der Waals surface area (Å²) in [7, 11) is 0. The van der Waals surface area contributed by atoms with Crippen LogP contribution in [0, 0.1) is 13.8 Å². The fourth-order valence-corrected chi connectivity index (χ4v) is 2.49. The molecule has 0 fully saturated rings. The van der Waals surface area contributed by atoms with E-state index in [1.165, 1.54) is 0 Å². The van der Waals surface area contributed by atoms with Crippen molar-refractivity contribution >= 4 is 17.3 Å². The highest BCUT2D eigenvalue weighted by Crippen LogP contribution is 2.25. The second-order valence-electron chi connectivity index (χ2n) is 5.72. The Hall–Kier alpha value is -1.91. The van der Waals surface area contributed by atoms with Crippen LogP contribution in [0.1, 0.15) is 18.1 Å². The first-order valence-corrected chi connectivity index (χ1v) is 8.92. The molecule has 0 saturated carbocycles. The van der Waals surface area contributed by atoms with E-state index >= 15 is 0 Å². The van der Waals surface area contributed by atoms with Crippen molar-refractivity contribution < 1.29 is 14.2 Å². The van der Waals surface area contributed by atoms with Gasteiger partial charge in [-0.2, -0.15) is 0 Å². The van der Waals surface area contributed by atoms with E-state index < -0.39 is 0 Å². The van der Waals surface area contributed by atoms with Gasteiger partial charge in [-0.05, 0) is 68.3 Å². The lowest BCUT2D eigenvalue weighted by Gasteiger charge is -2.12. The van der Waals surface area contributed by atoms with E-state index in [9.17, 15) is 0 Å². The average Bonchev–Trinajstić information content (AvgIpc) is 2.61. The quantitative estimate of drug-likeness (QED) is 0.612. The van der Waals surface area contributed by atoms with Gasteiger partial charge in [-0.25, -0.2) is 0 Å². The summed E-state index contributed by atoms with van der Waals surface area (Å²) in [6.45, 7) is 9.12. The van der Waals surface area contributed by atoms with E-state index in [0.29, 0.717) is 33.0 Å². The summed E-state index contributed by atoms with van der Waals surface area (Å²) in [5.74, 6) is 1.69. The molecule has 0 aromatic heterocycles. The number of aryl methyl sites for hydroxylation is 2. The molecular weight excluding hydrogens is 338 g/mol. The molecule has 5 heteroatoms. The largest absolute Gasteiger partial charge is 0.492 e. The maximum absolute atomic E-state index is 6.17. The molecule has 136 valence electrons. The van der Waals surface area contributed by atoms with Crippen LogP contribution in [0.25, 0.3) is 0 Å².